The molecule has 0 saturated carbocycles. The summed E-state index contributed by atoms with van der Waals surface area (Å²) in [7, 11) is 0. The first-order valence-corrected chi connectivity index (χ1v) is 6.14. The summed E-state index contributed by atoms with van der Waals surface area (Å²) in [6.45, 7) is 3.29. The van der Waals surface area contributed by atoms with Gasteiger partial charge in [-0.25, -0.2) is 4.39 Å². The third-order valence-corrected chi connectivity index (χ3v) is 2.95. The maximum absolute atomic E-state index is 13.6. The summed E-state index contributed by atoms with van der Waals surface area (Å²) < 4.78 is 14.7. The van der Waals surface area contributed by atoms with Crippen molar-refractivity contribution in [3.63, 3.8) is 0 Å². The van der Waals surface area contributed by atoms with E-state index in [2.05, 4.69) is 10.4 Å². The van der Waals surface area contributed by atoms with Crippen molar-refractivity contribution in [1.82, 2.24) is 9.78 Å². The molecule has 0 aliphatic rings. The molecule has 1 heterocycles. The lowest BCUT2D eigenvalue weighted by Crippen LogP contribution is -2.24. The van der Waals surface area contributed by atoms with Crippen molar-refractivity contribution < 1.29 is 14.1 Å². The van der Waals surface area contributed by atoms with E-state index < -0.39 is 22.7 Å². The third-order valence-electron chi connectivity index (χ3n) is 2.95. The van der Waals surface area contributed by atoms with E-state index in [-0.39, 0.29) is 11.4 Å². The fourth-order valence-electron chi connectivity index (χ4n) is 1.73. The Morgan fingerprint density at radius 1 is 1.52 bits per heavy atom. The molecule has 2 rings (SSSR count). The lowest BCUT2D eigenvalue weighted by Gasteiger charge is -2.13. The predicted molar refractivity (Wildman–Crippen MR) is 73.4 cm³/mol. The molecule has 0 aliphatic heterocycles. The van der Waals surface area contributed by atoms with E-state index in [4.69, 9.17) is 0 Å². The van der Waals surface area contributed by atoms with Crippen molar-refractivity contribution in [3.8, 4) is 0 Å². The topological polar surface area (TPSA) is 90.1 Å². The van der Waals surface area contributed by atoms with E-state index in [0.29, 0.717) is 0 Å². The minimum absolute atomic E-state index is 0.0634. The highest BCUT2D eigenvalue weighted by atomic mass is 19.1. The zero-order valence-corrected chi connectivity index (χ0v) is 11.4. The van der Waals surface area contributed by atoms with E-state index in [9.17, 15) is 19.3 Å². The fourth-order valence-corrected chi connectivity index (χ4v) is 1.73. The van der Waals surface area contributed by atoms with Crippen LogP contribution in [0.15, 0.2) is 30.6 Å². The molecule has 7 nitrogen and oxygen atoms in total. The van der Waals surface area contributed by atoms with Gasteiger partial charge in [0.05, 0.1) is 10.6 Å². The number of rotatable bonds is 4. The second kappa shape index (κ2) is 5.70. The van der Waals surface area contributed by atoms with Gasteiger partial charge in [-0.2, -0.15) is 5.10 Å². The molecule has 0 radical (unpaired) electrons. The van der Waals surface area contributed by atoms with Crippen LogP contribution in [0.5, 0.6) is 0 Å². The number of halogens is 1. The highest BCUT2D eigenvalue weighted by Gasteiger charge is 2.20. The van der Waals surface area contributed by atoms with Gasteiger partial charge in [-0.1, -0.05) is 6.07 Å². The smallest absolute Gasteiger partial charge is 0.307 e. The number of carbonyl (C=O) groups is 1. The van der Waals surface area contributed by atoms with E-state index in [1.807, 2.05) is 0 Å². The molecule has 1 aromatic carbocycles. The number of carbonyl (C=O) groups excluding carboxylic acids is 1. The first-order valence-electron chi connectivity index (χ1n) is 6.14. The molecule has 0 bridgehead atoms. The maximum atomic E-state index is 13.6. The molecule has 0 aliphatic carbocycles. The lowest BCUT2D eigenvalue weighted by atomic mass is 10.2. The molecular formula is C13H13FN4O3. The monoisotopic (exact) mass is 292 g/mol. The summed E-state index contributed by atoms with van der Waals surface area (Å²) in [5.41, 5.74) is 0.652. The average Bonchev–Trinajstić information content (AvgIpc) is 2.91. The van der Waals surface area contributed by atoms with Gasteiger partial charge in [0.25, 0.3) is 0 Å². The van der Waals surface area contributed by atoms with Gasteiger partial charge in [-0.15, -0.1) is 0 Å². The van der Waals surface area contributed by atoms with Crippen LogP contribution in [0.2, 0.25) is 0 Å². The predicted octanol–water partition coefficient (Wildman–Crippen LogP) is 2.44. The number of nitrogens with one attached hydrogen (secondary N) is 1. The third kappa shape index (κ3) is 3.22. The summed E-state index contributed by atoms with van der Waals surface area (Å²) in [5.74, 6) is -1.06. The Hall–Kier alpha value is -2.77. The van der Waals surface area contributed by atoms with Crippen LogP contribution in [-0.2, 0) is 4.79 Å². The summed E-state index contributed by atoms with van der Waals surface area (Å²) in [6.07, 6.45) is 2.20. The molecule has 0 spiro atoms. The lowest BCUT2D eigenvalue weighted by molar-refractivity contribution is -0.385. The van der Waals surface area contributed by atoms with Crippen molar-refractivity contribution in [3.05, 3.63) is 52.1 Å². The van der Waals surface area contributed by atoms with Crippen LogP contribution in [0.3, 0.4) is 0 Å². The number of hydrogen-bond acceptors (Lipinski definition) is 4. The minimum atomic E-state index is -0.807. The van der Waals surface area contributed by atoms with Crippen LogP contribution in [0, 0.1) is 22.9 Å². The molecule has 110 valence electrons. The number of amides is 1. The van der Waals surface area contributed by atoms with Gasteiger partial charge in [0.1, 0.15) is 24.3 Å². The van der Waals surface area contributed by atoms with E-state index in [0.717, 1.165) is 22.6 Å². The van der Waals surface area contributed by atoms with Gasteiger partial charge in [0.15, 0.2) is 0 Å². The number of aromatic nitrogens is 2. The van der Waals surface area contributed by atoms with Crippen LogP contribution >= 0.6 is 0 Å². The molecule has 0 fully saturated rings. The molecule has 1 aromatic heterocycles. The number of aryl methyl sites for hydroxylation is 1. The Balaban J connectivity index is 2.15. The van der Waals surface area contributed by atoms with Crippen LogP contribution in [0.4, 0.5) is 15.8 Å². The zero-order chi connectivity index (χ0) is 15.6. The second-order valence-electron chi connectivity index (χ2n) is 4.58. The molecule has 1 atom stereocenters. The van der Waals surface area contributed by atoms with Crippen molar-refractivity contribution in [2.24, 2.45) is 0 Å². The quantitative estimate of drug-likeness (QED) is 0.692. The first-order chi connectivity index (χ1) is 9.88. The molecule has 1 amide bonds. The molecule has 8 heteroatoms. The standard InChI is InChI=1S/C13H13FN4O3/c1-8-3-4-11(14)12(5-8)16-13(19)9(2)17-7-10(6-15-17)18(20)21/h3-7,9H,1-2H3,(H,16,19). The summed E-state index contributed by atoms with van der Waals surface area (Å²) in [5, 5.41) is 16.8. The normalized spacial score (nSPS) is 12.0. The van der Waals surface area contributed by atoms with E-state index >= 15 is 0 Å². The molecule has 1 N–H and O–H groups in total. The number of hydrogen-bond donors (Lipinski definition) is 1. The molecule has 0 saturated heterocycles. The molecule has 1 unspecified atom stereocenters. The van der Waals surface area contributed by atoms with Crippen LogP contribution < -0.4 is 5.32 Å². The highest BCUT2D eigenvalue weighted by Crippen LogP contribution is 2.18. The Labute approximate surface area is 119 Å². The number of nitro groups is 1. The summed E-state index contributed by atoms with van der Waals surface area (Å²) in [4.78, 5) is 22.0. The van der Waals surface area contributed by atoms with Crippen molar-refractivity contribution in [2.45, 2.75) is 19.9 Å². The van der Waals surface area contributed by atoms with E-state index in [1.165, 1.54) is 19.1 Å². The first kappa shape index (κ1) is 14.6. The maximum Gasteiger partial charge on any atom is 0.307 e. The Bertz CT molecular complexity index is 698. The largest absolute Gasteiger partial charge is 0.322 e. The Morgan fingerprint density at radius 2 is 2.24 bits per heavy atom. The second-order valence-corrected chi connectivity index (χ2v) is 4.58. The van der Waals surface area contributed by atoms with Crippen LogP contribution in [0.1, 0.15) is 18.5 Å². The fraction of sp³-hybridized carbons (Fsp3) is 0.231. The van der Waals surface area contributed by atoms with E-state index in [1.54, 1.807) is 13.0 Å². The summed E-state index contributed by atoms with van der Waals surface area (Å²) in [6, 6.07) is 3.55. The minimum Gasteiger partial charge on any atom is -0.322 e. The number of benzene rings is 1. The van der Waals surface area contributed by atoms with Gasteiger partial charge in [-0.05, 0) is 31.5 Å². The van der Waals surface area contributed by atoms with Gasteiger partial charge in [0, 0.05) is 0 Å². The molecule has 2 aromatic rings. The molecule has 21 heavy (non-hydrogen) atoms. The Morgan fingerprint density at radius 3 is 2.86 bits per heavy atom. The zero-order valence-electron chi connectivity index (χ0n) is 11.4. The van der Waals surface area contributed by atoms with Crippen LogP contribution in [-0.4, -0.2) is 20.6 Å². The van der Waals surface area contributed by atoms with Gasteiger partial charge in [0.2, 0.25) is 5.91 Å². The number of nitrogens with zero attached hydrogens (tertiary/aromatic N) is 3. The van der Waals surface area contributed by atoms with Crippen molar-refractivity contribution in [1.29, 1.82) is 0 Å². The number of anilines is 1. The highest BCUT2D eigenvalue weighted by molar-refractivity contribution is 5.93. The Kier molecular flexibility index (Phi) is 3.97. The molecular weight excluding hydrogens is 279 g/mol. The van der Waals surface area contributed by atoms with Crippen LogP contribution in [0.25, 0.3) is 0 Å². The van der Waals surface area contributed by atoms with Crippen molar-refractivity contribution >= 4 is 17.3 Å². The van der Waals surface area contributed by atoms with Crippen molar-refractivity contribution in [2.75, 3.05) is 5.32 Å². The van der Waals surface area contributed by atoms with Gasteiger partial charge >= 0.3 is 5.69 Å². The average molecular weight is 292 g/mol. The van der Waals surface area contributed by atoms with Gasteiger partial charge in [-0.3, -0.25) is 19.6 Å². The van der Waals surface area contributed by atoms with Gasteiger partial charge < -0.3 is 5.32 Å². The SMILES string of the molecule is Cc1ccc(F)c(NC(=O)C(C)n2cc([N+](=O)[O-])cn2)c1. The summed E-state index contributed by atoms with van der Waals surface area (Å²) >= 11 is 0.